The largest absolute Gasteiger partial charge is 0.322 e. The molecule has 20 heavy (non-hydrogen) atoms. The first-order valence-corrected chi connectivity index (χ1v) is 8.58. The van der Waals surface area contributed by atoms with Gasteiger partial charge >= 0.3 is 0 Å². The van der Waals surface area contributed by atoms with Crippen molar-refractivity contribution in [2.24, 2.45) is 5.92 Å². The van der Waals surface area contributed by atoms with Gasteiger partial charge in [-0.25, -0.2) is 0 Å². The van der Waals surface area contributed by atoms with Crippen LogP contribution in [0.3, 0.4) is 0 Å². The normalized spacial score (nSPS) is 19.1. The summed E-state index contributed by atoms with van der Waals surface area (Å²) < 4.78 is 0. The minimum atomic E-state index is 0.0407. The van der Waals surface area contributed by atoms with Crippen molar-refractivity contribution in [1.29, 1.82) is 0 Å². The Hall–Kier alpha value is -1.00. The molecule has 4 heteroatoms. The van der Waals surface area contributed by atoms with Crippen molar-refractivity contribution in [3.05, 3.63) is 29.8 Å². The average Bonchev–Trinajstić information content (AvgIpc) is 2.85. The number of hydrogen-bond donors (Lipinski definition) is 1. The number of amides is 1. The summed E-state index contributed by atoms with van der Waals surface area (Å²) in [6.45, 7) is 5.71. The molecule has 0 saturated carbocycles. The van der Waals surface area contributed by atoms with Gasteiger partial charge in [0.1, 0.15) is 6.17 Å². The summed E-state index contributed by atoms with van der Waals surface area (Å²) in [4.78, 5) is 15.4. The summed E-state index contributed by atoms with van der Waals surface area (Å²) in [7, 11) is 0. The average molecular weight is 292 g/mol. The molecule has 2 rings (SSSR count). The Bertz CT molecular complexity index is 442. The smallest absolute Gasteiger partial charge is 0.238 e. The molecule has 110 valence electrons. The monoisotopic (exact) mass is 292 g/mol. The first kappa shape index (κ1) is 15.4. The van der Waals surface area contributed by atoms with Crippen LogP contribution in [0.2, 0.25) is 0 Å². The van der Waals surface area contributed by atoms with Crippen LogP contribution in [0, 0.1) is 5.92 Å². The molecule has 0 spiro atoms. The number of carbonyl (C=O) groups is 1. The topological polar surface area (TPSA) is 32.3 Å². The molecular formula is C16H24N2OS. The van der Waals surface area contributed by atoms with E-state index in [0.717, 1.165) is 19.4 Å². The van der Waals surface area contributed by atoms with E-state index in [1.165, 1.54) is 10.5 Å². The Morgan fingerprint density at radius 2 is 1.95 bits per heavy atom. The minimum absolute atomic E-state index is 0.0407. The van der Waals surface area contributed by atoms with E-state index in [0.29, 0.717) is 12.5 Å². The quantitative estimate of drug-likeness (QED) is 0.817. The van der Waals surface area contributed by atoms with E-state index in [4.69, 9.17) is 0 Å². The second-order valence-electron chi connectivity index (χ2n) is 5.29. The molecule has 1 aromatic carbocycles. The first-order valence-electron chi connectivity index (χ1n) is 7.36. The highest BCUT2D eigenvalue weighted by Gasteiger charge is 2.32. The van der Waals surface area contributed by atoms with E-state index >= 15 is 0 Å². The van der Waals surface area contributed by atoms with E-state index in [2.05, 4.69) is 49.7 Å². The van der Waals surface area contributed by atoms with Crippen molar-refractivity contribution in [3.8, 4) is 0 Å². The standard InChI is InChI=1S/C16H24N2OS/c1-4-12(5-2)11-18-15(19)10-17-16(18)13-6-8-14(20-3)9-7-13/h6-9,12,16-17H,4-5,10-11H2,1-3H3. The van der Waals surface area contributed by atoms with Crippen LogP contribution in [0.4, 0.5) is 0 Å². The summed E-state index contributed by atoms with van der Waals surface area (Å²) >= 11 is 1.74. The zero-order valence-corrected chi connectivity index (χ0v) is 13.4. The molecule has 1 atom stereocenters. The molecule has 1 amide bonds. The molecule has 3 nitrogen and oxygen atoms in total. The highest BCUT2D eigenvalue weighted by molar-refractivity contribution is 7.98. The van der Waals surface area contributed by atoms with Crippen molar-refractivity contribution in [1.82, 2.24) is 10.2 Å². The number of thioether (sulfide) groups is 1. The molecule has 1 saturated heterocycles. The Morgan fingerprint density at radius 1 is 1.30 bits per heavy atom. The van der Waals surface area contributed by atoms with E-state index in [9.17, 15) is 4.79 Å². The fourth-order valence-electron chi connectivity index (χ4n) is 2.66. The fraction of sp³-hybridized carbons (Fsp3) is 0.562. The van der Waals surface area contributed by atoms with E-state index in [1.54, 1.807) is 11.8 Å². The number of nitrogens with one attached hydrogen (secondary N) is 1. The number of nitrogens with zero attached hydrogens (tertiary/aromatic N) is 1. The molecule has 0 aromatic heterocycles. The molecule has 1 heterocycles. The van der Waals surface area contributed by atoms with Crippen molar-refractivity contribution < 1.29 is 4.79 Å². The van der Waals surface area contributed by atoms with Crippen LogP contribution in [0.25, 0.3) is 0 Å². The van der Waals surface area contributed by atoms with Gasteiger partial charge in [-0.1, -0.05) is 38.8 Å². The van der Waals surface area contributed by atoms with Crippen LogP contribution < -0.4 is 5.32 Å². The van der Waals surface area contributed by atoms with E-state index in [-0.39, 0.29) is 12.1 Å². The Labute approximate surface area is 126 Å². The summed E-state index contributed by atoms with van der Waals surface area (Å²) in [6.07, 6.45) is 4.36. The van der Waals surface area contributed by atoms with Gasteiger partial charge in [-0.2, -0.15) is 0 Å². The molecule has 1 unspecified atom stereocenters. The summed E-state index contributed by atoms with van der Waals surface area (Å²) in [6, 6.07) is 8.50. The lowest BCUT2D eigenvalue weighted by Gasteiger charge is -2.28. The van der Waals surface area contributed by atoms with Crippen LogP contribution in [-0.4, -0.2) is 30.2 Å². The van der Waals surface area contributed by atoms with Crippen LogP contribution in [0.15, 0.2) is 29.2 Å². The summed E-state index contributed by atoms with van der Waals surface area (Å²) in [5.41, 5.74) is 1.18. The Balaban J connectivity index is 2.13. The maximum absolute atomic E-state index is 12.1. The zero-order valence-electron chi connectivity index (χ0n) is 12.6. The first-order chi connectivity index (χ1) is 9.69. The van der Waals surface area contributed by atoms with Crippen LogP contribution in [0.5, 0.6) is 0 Å². The molecule has 1 fully saturated rings. The third-order valence-corrected chi connectivity index (χ3v) is 4.86. The third-order valence-electron chi connectivity index (χ3n) is 4.12. The lowest BCUT2D eigenvalue weighted by atomic mass is 10.0. The van der Waals surface area contributed by atoms with Crippen LogP contribution in [0.1, 0.15) is 38.4 Å². The highest BCUT2D eigenvalue weighted by Crippen LogP contribution is 2.26. The van der Waals surface area contributed by atoms with Crippen molar-refractivity contribution in [3.63, 3.8) is 0 Å². The predicted octanol–water partition coefficient (Wildman–Crippen LogP) is 3.28. The van der Waals surface area contributed by atoms with Gasteiger partial charge in [0.2, 0.25) is 5.91 Å². The van der Waals surface area contributed by atoms with Gasteiger partial charge in [-0.15, -0.1) is 11.8 Å². The molecule has 1 aliphatic heterocycles. The third kappa shape index (κ3) is 3.36. The fourth-order valence-corrected chi connectivity index (χ4v) is 3.06. The van der Waals surface area contributed by atoms with Crippen LogP contribution >= 0.6 is 11.8 Å². The molecular weight excluding hydrogens is 268 g/mol. The maximum Gasteiger partial charge on any atom is 0.238 e. The lowest BCUT2D eigenvalue weighted by Crippen LogP contribution is -2.34. The Morgan fingerprint density at radius 3 is 2.50 bits per heavy atom. The van der Waals surface area contributed by atoms with E-state index < -0.39 is 0 Å². The molecule has 0 radical (unpaired) electrons. The van der Waals surface area contributed by atoms with Crippen molar-refractivity contribution in [2.75, 3.05) is 19.3 Å². The van der Waals surface area contributed by atoms with Crippen LogP contribution in [-0.2, 0) is 4.79 Å². The number of rotatable bonds is 6. The number of hydrogen-bond acceptors (Lipinski definition) is 3. The molecule has 0 aliphatic carbocycles. The van der Waals surface area contributed by atoms with Gasteiger partial charge in [0.25, 0.3) is 0 Å². The summed E-state index contributed by atoms with van der Waals surface area (Å²) in [5.74, 6) is 0.808. The van der Waals surface area contributed by atoms with Crippen molar-refractivity contribution >= 4 is 17.7 Å². The van der Waals surface area contributed by atoms with E-state index in [1.807, 2.05) is 4.90 Å². The molecule has 0 bridgehead atoms. The van der Waals surface area contributed by atoms with Gasteiger partial charge in [0, 0.05) is 11.4 Å². The number of carbonyl (C=O) groups excluding carboxylic acids is 1. The van der Waals surface area contributed by atoms with Crippen molar-refractivity contribution in [2.45, 2.75) is 37.8 Å². The van der Waals surface area contributed by atoms with Gasteiger partial charge in [-0.3, -0.25) is 10.1 Å². The summed E-state index contributed by atoms with van der Waals surface area (Å²) in [5, 5.41) is 3.33. The van der Waals surface area contributed by atoms with Gasteiger partial charge in [0.15, 0.2) is 0 Å². The van der Waals surface area contributed by atoms with Gasteiger partial charge in [0.05, 0.1) is 6.54 Å². The predicted molar refractivity (Wildman–Crippen MR) is 84.8 cm³/mol. The second-order valence-corrected chi connectivity index (χ2v) is 6.16. The zero-order chi connectivity index (χ0) is 14.5. The van der Waals surface area contributed by atoms with Gasteiger partial charge < -0.3 is 4.90 Å². The lowest BCUT2D eigenvalue weighted by molar-refractivity contribution is -0.128. The molecule has 1 N–H and O–H groups in total. The minimum Gasteiger partial charge on any atom is -0.322 e. The Kier molecular flexibility index (Phi) is 5.49. The highest BCUT2D eigenvalue weighted by atomic mass is 32.2. The molecule has 1 aliphatic rings. The molecule has 1 aromatic rings. The SMILES string of the molecule is CCC(CC)CN1C(=O)CNC1c1ccc(SC)cc1. The maximum atomic E-state index is 12.1. The second kappa shape index (κ2) is 7.14. The van der Waals surface area contributed by atoms with Gasteiger partial charge in [-0.05, 0) is 29.9 Å². The number of benzene rings is 1.